The summed E-state index contributed by atoms with van der Waals surface area (Å²) in [6.07, 6.45) is 1.27. The number of hydrazone groups is 1. The van der Waals surface area contributed by atoms with Gasteiger partial charge in [-0.05, 0) is 68.4 Å². The van der Waals surface area contributed by atoms with E-state index in [2.05, 4.69) is 15.4 Å². The number of ether oxygens (including phenoxy) is 1. The van der Waals surface area contributed by atoms with Crippen molar-refractivity contribution in [3.8, 4) is 5.75 Å². The van der Waals surface area contributed by atoms with Gasteiger partial charge in [-0.1, -0.05) is 32.0 Å². The summed E-state index contributed by atoms with van der Waals surface area (Å²) in [7, 11) is 0. The highest BCUT2D eigenvalue weighted by molar-refractivity contribution is 8.24. The Hall–Kier alpha value is -3.96. The zero-order valence-electron chi connectivity index (χ0n) is 23.9. The molecule has 2 amide bonds. The van der Waals surface area contributed by atoms with Crippen LogP contribution in [0.4, 0.5) is 0 Å². The number of nitrogens with one attached hydrogen (secondary N) is 1. The average molecular weight is 582 g/mol. The second kappa shape index (κ2) is 17.7. The Morgan fingerprint density at radius 3 is 2.54 bits per heavy atom. The summed E-state index contributed by atoms with van der Waals surface area (Å²) in [5, 5.41) is 15.7. The Bertz CT molecular complexity index is 1300. The molecule has 1 aromatic heterocycles. The number of likely N-dealkylation sites (tertiary alicyclic amines) is 1. The van der Waals surface area contributed by atoms with Gasteiger partial charge in [0.25, 0.3) is 5.91 Å². The fraction of sp³-hybridized carbons (Fsp3) is 0.367. The summed E-state index contributed by atoms with van der Waals surface area (Å²) < 4.78 is 5.99. The third kappa shape index (κ3) is 9.58. The third-order valence-corrected chi connectivity index (χ3v) is 6.91. The zero-order valence-corrected chi connectivity index (χ0v) is 24.8. The van der Waals surface area contributed by atoms with Crippen LogP contribution in [0.3, 0.4) is 0 Å². The maximum absolute atomic E-state index is 13.0. The number of thioether (sulfide) groups is 1. The molecule has 0 saturated carbocycles. The minimum Gasteiger partial charge on any atom is -0.489 e. The molecule has 3 aromatic rings. The van der Waals surface area contributed by atoms with Crippen molar-refractivity contribution in [2.24, 2.45) is 16.9 Å². The van der Waals surface area contributed by atoms with E-state index in [1.807, 2.05) is 51.1 Å². The largest absolute Gasteiger partial charge is 0.489 e. The summed E-state index contributed by atoms with van der Waals surface area (Å²) in [4.78, 5) is 41.4. The van der Waals surface area contributed by atoms with Crippen LogP contribution in [0.1, 0.15) is 48.8 Å². The van der Waals surface area contributed by atoms with Crippen molar-refractivity contribution < 1.29 is 24.2 Å². The third-order valence-electron chi connectivity index (χ3n) is 6.16. The number of nitrogens with zero attached hydrogens (tertiary/aromatic N) is 3. The smallest absolute Gasteiger partial charge is 0.251 e. The van der Waals surface area contributed by atoms with Crippen molar-refractivity contribution in [1.29, 1.82) is 0 Å². The van der Waals surface area contributed by atoms with Crippen LogP contribution in [-0.2, 0) is 16.2 Å². The topological polar surface area (TPSA) is 147 Å². The standard InChI is InChI=1S/C26H27N5O4S.C2H6O.C2H6/c1-17-12-19(21-4-2-3-5-23(21)28-17)14-35-20-8-6-18(7-9-20)25(34)29-24-10-11-31(15-32)13-22(24)26(30-27)36-16-33;1-2-3;1-2/h2-9,12,15-16,22,24H,10-11,13-14,27H2,1H3,(H,29,34);3H,2H2,1H3;1-2H3/b30-26-;;. The lowest BCUT2D eigenvalue weighted by atomic mass is 9.92. The number of benzene rings is 2. The zero-order chi connectivity index (χ0) is 30.2. The molecule has 1 aliphatic rings. The summed E-state index contributed by atoms with van der Waals surface area (Å²) in [5.74, 6) is 5.49. The van der Waals surface area contributed by atoms with Gasteiger partial charge in [-0.3, -0.25) is 19.4 Å². The molecule has 2 heterocycles. The number of pyridine rings is 1. The van der Waals surface area contributed by atoms with Gasteiger partial charge < -0.3 is 25.9 Å². The predicted molar refractivity (Wildman–Crippen MR) is 164 cm³/mol. The predicted octanol–water partition coefficient (Wildman–Crippen LogP) is 3.92. The Balaban J connectivity index is 0.00000110. The summed E-state index contributed by atoms with van der Waals surface area (Å²) in [6, 6.07) is 16.6. The number of aryl methyl sites for hydroxylation is 1. The lowest BCUT2D eigenvalue weighted by molar-refractivity contribution is -0.119. The first-order chi connectivity index (χ1) is 19.9. The first kappa shape index (κ1) is 33.2. The molecule has 1 fully saturated rings. The molecule has 0 aliphatic carbocycles. The maximum Gasteiger partial charge on any atom is 0.251 e. The van der Waals surface area contributed by atoms with E-state index in [4.69, 9.17) is 15.7 Å². The Labute approximate surface area is 245 Å². The van der Waals surface area contributed by atoms with Crippen LogP contribution in [0.25, 0.3) is 10.9 Å². The fourth-order valence-electron chi connectivity index (χ4n) is 4.39. The normalized spacial score (nSPS) is 16.4. The molecule has 41 heavy (non-hydrogen) atoms. The van der Waals surface area contributed by atoms with Crippen molar-refractivity contribution >= 4 is 45.6 Å². The number of aromatic nitrogens is 1. The van der Waals surface area contributed by atoms with Gasteiger partial charge in [0.1, 0.15) is 17.4 Å². The molecule has 4 N–H and O–H groups in total. The summed E-state index contributed by atoms with van der Waals surface area (Å²) in [6.45, 7) is 9.07. The van der Waals surface area contributed by atoms with Crippen LogP contribution in [0.15, 0.2) is 59.7 Å². The van der Waals surface area contributed by atoms with E-state index in [1.54, 1.807) is 36.1 Å². The number of amides is 2. The lowest BCUT2D eigenvalue weighted by Gasteiger charge is -2.37. The van der Waals surface area contributed by atoms with Gasteiger partial charge >= 0.3 is 0 Å². The van der Waals surface area contributed by atoms with Crippen LogP contribution in [-0.4, -0.2) is 63.7 Å². The second-order valence-electron chi connectivity index (χ2n) is 8.83. The number of nitrogens with two attached hydrogens (primary N) is 1. The number of hydrogen-bond acceptors (Lipinski definition) is 9. The van der Waals surface area contributed by atoms with Crippen molar-refractivity contribution in [3.05, 3.63) is 71.4 Å². The highest BCUT2D eigenvalue weighted by atomic mass is 32.2. The molecule has 1 saturated heterocycles. The molecule has 10 nitrogen and oxygen atoms in total. The van der Waals surface area contributed by atoms with Gasteiger partial charge in [0.2, 0.25) is 6.41 Å². The van der Waals surface area contributed by atoms with Crippen LogP contribution in [0.5, 0.6) is 5.75 Å². The second-order valence-corrected chi connectivity index (χ2v) is 9.67. The number of carbonyl (C=O) groups excluding carboxylic acids is 3. The SMILES string of the molecule is CC.CCO.Cc1cc(COc2ccc(C(=O)NC3CCN(C=O)CC3/C(=N/N)SC=O)cc2)c2ccccc2n1. The minimum atomic E-state index is -0.366. The number of piperidine rings is 1. The monoisotopic (exact) mass is 581 g/mol. The molecule has 2 atom stereocenters. The van der Waals surface area contributed by atoms with Gasteiger partial charge in [-0.25, -0.2) is 0 Å². The molecular weight excluding hydrogens is 542 g/mol. The molecule has 0 radical (unpaired) electrons. The quantitative estimate of drug-likeness (QED) is 0.119. The van der Waals surface area contributed by atoms with E-state index in [-0.39, 0.29) is 24.5 Å². The van der Waals surface area contributed by atoms with Crippen LogP contribution < -0.4 is 15.9 Å². The van der Waals surface area contributed by atoms with Crippen molar-refractivity contribution in [2.45, 2.75) is 46.8 Å². The van der Waals surface area contributed by atoms with E-state index < -0.39 is 0 Å². The van der Waals surface area contributed by atoms with E-state index in [0.717, 1.165) is 40.3 Å². The van der Waals surface area contributed by atoms with E-state index in [1.165, 1.54) is 0 Å². The number of aliphatic hydroxyl groups is 1. The van der Waals surface area contributed by atoms with Crippen molar-refractivity contribution in [1.82, 2.24) is 15.2 Å². The molecule has 0 spiro atoms. The fourth-order valence-corrected chi connectivity index (χ4v) is 4.96. The van der Waals surface area contributed by atoms with Gasteiger partial charge in [0.15, 0.2) is 5.62 Å². The molecule has 11 heteroatoms. The number of hydrogen-bond donors (Lipinski definition) is 3. The Morgan fingerprint density at radius 1 is 1.22 bits per heavy atom. The van der Waals surface area contributed by atoms with Crippen LogP contribution in [0, 0.1) is 12.8 Å². The van der Waals surface area contributed by atoms with Crippen molar-refractivity contribution in [3.63, 3.8) is 0 Å². The van der Waals surface area contributed by atoms with E-state index in [9.17, 15) is 14.4 Å². The molecule has 0 bridgehead atoms. The Morgan fingerprint density at radius 2 is 1.90 bits per heavy atom. The van der Waals surface area contributed by atoms with E-state index >= 15 is 0 Å². The van der Waals surface area contributed by atoms with Crippen molar-refractivity contribution in [2.75, 3.05) is 19.7 Å². The lowest BCUT2D eigenvalue weighted by Crippen LogP contribution is -2.53. The molecule has 220 valence electrons. The number of aliphatic hydroxyl groups excluding tert-OH is 1. The van der Waals surface area contributed by atoms with Gasteiger partial charge in [0, 0.05) is 53.9 Å². The number of fused-ring (bicyclic) bond motifs is 1. The minimum absolute atomic E-state index is 0.250. The molecular formula is C30H39N5O5S. The van der Waals surface area contributed by atoms with Crippen LogP contribution in [0.2, 0.25) is 0 Å². The first-order valence-corrected chi connectivity index (χ1v) is 14.4. The Kier molecular flexibility index (Phi) is 14.3. The average Bonchev–Trinajstić information content (AvgIpc) is 3.00. The van der Waals surface area contributed by atoms with Gasteiger partial charge in [-0.15, -0.1) is 0 Å². The maximum atomic E-state index is 13.0. The molecule has 1 aliphatic heterocycles. The molecule has 2 unspecified atom stereocenters. The summed E-state index contributed by atoms with van der Waals surface area (Å²) in [5.41, 5.74) is 4.00. The number of para-hydroxylation sites is 1. The highest BCUT2D eigenvalue weighted by Gasteiger charge is 2.34. The summed E-state index contributed by atoms with van der Waals surface area (Å²) >= 11 is 0.859. The van der Waals surface area contributed by atoms with E-state index in [0.29, 0.717) is 48.1 Å². The van der Waals surface area contributed by atoms with Gasteiger partial charge in [0.05, 0.1) is 5.52 Å². The number of carbonyl (C=O) groups is 3. The number of rotatable bonds is 8. The van der Waals surface area contributed by atoms with Crippen LogP contribution >= 0.6 is 11.8 Å². The highest BCUT2D eigenvalue weighted by Crippen LogP contribution is 2.24. The first-order valence-electron chi connectivity index (χ1n) is 13.5. The van der Waals surface area contributed by atoms with Gasteiger partial charge in [-0.2, -0.15) is 5.10 Å². The molecule has 2 aromatic carbocycles. The molecule has 4 rings (SSSR count).